The van der Waals surface area contributed by atoms with Gasteiger partial charge in [0.15, 0.2) is 5.65 Å². The van der Waals surface area contributed by atoms with Gasteiger partial charge in [-0.15, -0.1) is 10.2 Å². The van der Waals surface area contributed by atoms with Crippen LogP contribution in [0.5, 0.6) is 0 Å². The second kappa shape index (κ2) is 6.38. The lowest BCUT2D eigenvalue weighted by Gasteiger charge is -2.28. The zero-order chi connectivity index (χ0) is 18.1. The molecule has 1 unspecified atom stereocenters. The minimum atomic E-state index is -0.432. The second-order valence-corrected chi connectivity index (χ2v) is 6.82. The molecule has 2 N–H and O–H groups in total. The number of aliphatic hydroxyl groups is 1. The molecule has 0 fully saturated rings. The van der Waals surface area contributed by atoms with E-state index in [1.165, 1.54) is 0 Å². The molecule has 2 aromatic carbocycles. The van der Waals surface area contributed by atoms with E-state index in [1.54, 1.807) is 0 Å². The average Bonchev–Trinajstić information content (AvgIpc) is 2.99. The van der Waals surface area contributed by atoms with Crippen LogP contribution in [0.4, 0.5) is 5.95 Å². The van der Waals surface area contributed by atoms with Crippen LogP contribution < -0.4 is 5.32 Å². The van der Waals surface area contributed by atoms with Crippen molar-refractivity contribution in [1.29, 1.82) is 0 Å². The zero-order valence-corrected chi connectivity index (χ0v) is 14.8. The highest BCUT2D eigenvalue weighted by molar-refractivity contribution is 6.04. The molecule has 4 aromatic rings. The first-order valence-corrected chi connectivity index (χ1v) is 8.60. The van der Waals surface area contributed by atoms with Crippen LogP contribution in [0.15, 0.2) is 54.6 Å². The Balaban J connectivity index is 1.65. The van der Waals surface area contributed by atoms with Gasteiger partial charge in [0.1, 0.15) is 5.52 Å². The molecule has 0 radical (unpaired) electrons. The Morgan fingerprint density at radius 1 is 1.04 bits per heavy atom. The Labute approximate surface area is 151 Å². The van der Waals surface area contributed by atoms with Crippen LogP contribution in [-0.2, 0) is 12.5 Å². The summed E-state index contributed by atoms with van der Waals surface area (Å²) in [4.78, 5) is 4.64. The molecule has 0 saturated carbocycles. The average molecular weight is 347 g/mol. The third-order valence-corrected chi connectivity index (χ3v) is 4.96. The predicted octanol–water partition coefficient (Wildman–Crippen LogP) is 2.88. The number of aryl methyl sites for hydroxylation is 1. The fraction of sp³-hybridized carbons (Fsp3) is 0.250. The predicted molar refractivity (Wildman–Crippen MR) is 103 cm³/mol. The number of nitrogens with one attached hydrogen (secondary N) is 1. The van der Waals surface area contributed by atoms with Crippen molar-refractivity contribution in [3.05, 3.63) is 60.2 Å². The summed E-state index contributed by atoms with van der Waals surface area (Å²) in [5.41, 5.74) is 3.29. The van der Waals surface area contributed by atoms with Gasteiger partial charge >= 0.3 is 0 Å². The molecule has 2 aromatic heterocycles. The number of rotatable bonds is 5. The van der Waals surface area contributed by atoms with Crippen LogP contribution in [0.2, 0.25) is 0 Å². The van der Waals surface area contributed by atoms with Crippen molar-refractivity contribution in [2.45, 2.75) is 12.3 Å². The van der Waals surface area contributed by atoms with Gasteiger partial charge in [-0.2, -0.15) is 4.98 Å². The van der Waals surface area contributed by atoms with Crippen LogP contribution in [-0.4, -0.2) is 38.0 Å². The lowest BCUT2D eigenvalue weighted by atomic mass is 9.83. The summed E-state index contributed by atoms with van der Waals surface area (Å²) < 4.78 is 2.02. The van der Waals surface area contributed by atoms with Gasteiger partial charge in [0, 0.05) is 24.4 Å². The topological polar surface area (TPSA) is 75.9 Å². The Bertz CT molecular complexity index is 1060. The molecule has 0 aliphatic rings. The van der Waals surface area contributed by atoms with E-state index in [0.29, 0.717) is 12.5 Å². The number of aliphatic hydroxyl groups excluding tert-OH is 1. The Morgan fingerprint density at radius 2 is 1.77 bits per heavy atom. The third-order valence-electron chi connectivity index (χ3n) is 4.96. The number of nitrogens with zero attached hydrogens (tertiary/aromatic N) is 4. The van der Waals surface area contributed by atoms with Gasteiger partial charge in [-0.05, 0) is 11.6 Å². The highest BCUT2D eigenvalue weighted by Gasteiger charge is 2.26. The molecular weight excluding hydrogens is 326 g/mol. The molecule has 0 spiro atoms. The molecule has 26 heavy (non-hydrogen) atoms. The molecule has 0 saturated heterocycles. The van der Waals surface area contributed by atoms with Gasteiger partial charge in [0.2, 0.25) is 5.95 Å². The van der Waals surface area contributed by atoms with Crippen molar-refractivity contribution < 1.29 is 5.11 Å². The van der Waals surface area contributed by atoms with E-state index in [0.717, 1.165) is 27.6 Å². The summed E-state index contributed by atoms with van der Waals surface area (Å²) in [5.74, 6) is 0.457. The molecule has 2 heterocycles. The largest absolute Gasteiger partial charge is 0.395 e. The van der Waals surface area contributed by atoms with E-state index in [4.69, 9.17) is 0 Å². The standard InChI is InChI=1S/C20H21N5O/c1-20(13-26,14-8-4-3-5-9-14)12-21-19-22-18-17(23-24-19)15-10-6-7-11-16(15)25(18)2/h3-11,26H,12-13H2,1-2H3,(H,21,22,24). The maximum Gasteiger partial charge on any atom is 0.244 e. The Morgan fingerprint density at radius 3 is 2.54 bits per heavy atom. The summed E-state index contributed by atoms with van der Waals surface area (Å²) in [5, 5.41) is 22.8. The van der Waals surface area contributed by atoms with Gasteiger partial charge < -0.3 is 15.0 Å². The maximum absolute atomic E-state index is 9.93. The van der Waals surface area contributed by atoms with Crippen molar-refractivity contribution in [3.8, 4) is 0 Å². The zero-order valence-electron chi connectivity index (χ0n) is 14.8. The van der Waals surface area contributed by atoms with E-state index in [9.17, 15) is 5.11 Å². The first kappa shape index (κ1) is 16.5. The molecule has 132 valence electrons. The van der Waals surface area contributed by atoms with E-state index in [2.05, 4.69) is 20.5 Å². The number of anilines is 1. The van der Waals surface area contributed by atoms with Crippen LogP contribution in [0.25, 0.3) is 22.1 Å². The summed E-state index contributed by atoms with van der Waals surface area (Å²) >= 11 is 0. The van der Waals surface area contributed by atoms with Crippen LogP contribution in [0.3, 0.4) is 0 Å². The molecule has 6 nitrogen and oxygen atoms in total. The van der Waals surface area contributed by atoms with Crippen LogP contribution in [0.1, 0.15) is 12.5 Å². The molecule has 6 heteroatoms. The molecule has 0 aliphatic heterocycles. The monoisotopic (exact) mass is 347 g/mol. The smallest absolute Gasteiger partial charge is 0.244 e. The SMILES string of the molecule is Cn1c2ccccc2c2nnc(NCC(C)(CO)c3ccccc3)nc21. The summed E-state index contributed by atoms with van der Waals surface area (Å²) in [6.45, 7) is 2.54. The molecular formula is C20H21N5O. The fourth-order valence-electron chi connectivity index (χ4n) is 3.25. The number of hydrogen-bond acceptors (Lipinski definition) is 5. The van der Waals surface area contributed by atoms with Crippen molar-refractivity contribution in [3.63, 3.8) is 0 Å². The van der Waals surface area contributed by atoms with Crippen molar-refractivity contribution in [2.24, 2.45) is 7.05 Å². The van der Waals surface area contributed by atoms with Gasteiger partial charge in [-0.25, -0.2) is 0 Å². The minimum absolute atomic E-state index is 0.0216. The quantitative estimate of drug-likeness (QED) is 0.581. The van der Waals surface area contributed by atoms with Crippen molar-refractivity contribution >= 4 is 28.0 Å². The number of fused-ring (bicyclic) bond motifs is 3. The first-order valence-electron chi connectivity index (χ1n) is 8.60. The second-order valence-electron chi connectivity index (χ2n) is 6.82. The van der Waals surface area contributed by atoms with Gasteiger partial charge in [0.25, 0.3) is 0 Å². The number of aromatic nitrogens is 4. The van der Waals surface area contributed by atoms with Crippen LogP contribution in [0, 0.1) is 0 Å². The van der Waals surface area contributed by atoms with E-state index in [1.807, 2.05) is 73.1 Å². The van der Waals surface area contributed by atoms with Crippen molar-refractivity contribution in [1.82, 2.24) is 19.7 Å². The molecule has 0 bridgehead atoms. The first-order chi connectivity index (χ1) is 12.6. The lowest BCUT2D eigenvalue weighted by molar-refractivity contribution is 0.213. The lowest BCUT2D eigenvalue weighted by Crippen LogP contribution is -2.35. The highest BCUT2D eigenvalue weighted by Crippen LogP contribution is 2.26. The van der Waals surface area contributed by atoms with Gasteiger partial charge in [0.05, 0.1) is 12.1 Å². The Hall–Kier alpha value is -2.99. The number of benzene rings is 2. The van der Waals surface area contributed by atoms with Gasteiger partial charge in [-0.1, -0.05) is 55.5 Å². The highest BCUT2D eigenvalue weighted by atomic mass is 16.3. The normalized spacial score (nSPS) is 13.8. The van der Waals surface area contributed by atoms with Crippen molar-refractivity contribution in [2.75, 3.05) is 18.5 Å². The van der Waals surface area contributed by atoms with Crippen LogP contribution >= 0.6 is 0 Å². The molecule has 0 aliphatic carbocycles. The molecule has 0 amide bonds. The summed E-state index contributed by atoms with van der Waals surface area (Å²) in [7, 11) is 1.98. The van der Waals surface area contributed by atoms with E-state index in [-0.39, 0.29) is 6.61 Å². The summed E-state index contributed by atoms with van der Waals surface area (Å²) in [6.07, 6.45) is 0. The maximum atomic E-state index is 9.93. The molecule has 4 rings (SSSR count). The fourth-order valence-corrected chi connectivity index (χ4v) is 3.25. The number of hydrogen-bond donors (Lipinski definition) is 2. The number of para-hydroxylation sites is 1. The molecule has 1 atom stereocenters. The van der Waals surface area contributed by atoms with E-state index < -0.39 is 5.41 Å². The third kappa shape index (κ3) is 2.68. The Kier molecular flexibility index (Phi) is 4.05. The summed E-state index contributed by atoms with van der Waals surface area (Å²) in [6, 6.07) is 18.0. The minimum Gasteiger partial charge on any atom is -0.395 e. The van der Waals surface area contributed by atoms with E-state index >= 15 is 0 Å². The van der Waals surface area contributed by atoms with Gasteiger partial charge in [-0.3, -0.25) is 0 Å².